The summed E-state index contributed by atoms with van der Waals surface area (Å²) in [6.07, 6.45) is 0. The van der Waals surface area contributed by atoms with Crippen LogP contribution in [0.15, 0.2) is 12.2 Å². The molecule has 0 bridgehead atoms. The Morgan fingerprint density at radius 2 is 1.64 bits per heavy atom. The molecule has 0 saturated carbocycles. The average Bonchev–Trinajstić information content (AvgIpc) is 2.07. The Balaban J connectivity index is 2.35. The van der Waals surface area contributed by atoms with Gasteiger partial charge in [-0.3, -0.25) is 4.90 Å². The zero-order chi connectivity index (χ0) is 10.8. The molecule has 0 aromatic rings. The minimum Gasteiger partial charge on any atom is -0.304 e. The summed E-state index contributed by atoms with van der Waals surface area (Å²) in [5.41, 5.74) is 1.60. The number of hydrogen-bond donors (Lipinski definition) is 0. The maximum Gasteiger partial charge on any atom is 0.0196 e. The van der Waals surface area contributed by atoms with Gasteiger partial charge in [-0.2, -0.15) is 0 Å². The molecule has 1 saturated heterocycles. The van der Waals surface area contributed by atoms with E-state index in [1.54, 1.807) is 0 Å². The van der Waals surface area contributed by atoms with E-state index < -0.39 is 0 Å². The minimum atomic E-state index is 0.253. The lowest BCUT2D eigenvalue weighted by Crippen LogP contribution is -2.45. The van der Waals surface area contributed by atoms with Crippen molar-refractivity contribution in [1.29, 1.82) is 0 Å². The van der Waals surface area contributed by atoms with Crippen LogP contribution in [0.5, 0.6) is 0 Å². The zero-order valence-corrected chi connectivity index (χ0v) is 10.1. The van der Waals surface area contributed by atoms with Gasteiger partial charge >= 0.3 is 0 Å². The molecule has 0 aromatic heterocycles. The van der Waals surface area contributed by atoms with E-state index in [1.807, 2.05) is 0 Å². The van der Waals surface area contributed by atoms with Crippen molar-refractivity contribution in [3.63, 3.8) is 0 Å². The fraction of sp³-hybridized carbons (Fsp3) is 0.833. The van der Waals surface area contributed by atoms with Gasteiger partial charge in [0.1, 0.15) is 0 Å². The van der Waals surface area contributed by atoms with Crippen LogP contribution in [0.3, 0.4) is 0 Å². The largest absolute Gasteiger partial charge is 0.304 e. The van der Waals surface area contributed by atoms with Gasteiger partial charge in [0.05, 0.1) is 0 Å². The van der Waals surface area contributed by atoms with Crippen LogP contribution in [-0.2, 0) is 0 Å². The molecule has 0 aliphatic carbocycles. The quantitative estimate of drug-likeness (QED) is 0.622. The molecule has 0 atom stereocenters. The van der Waals surface area contributed by atoms with Gasteiger partial charge in [0.2, 0.25) is 0 Å². The molecule has 1 heterocycles. The molecule has 0 unspecified atom stereocenters. The summed E-state index contributed by atoms with van der Waals surface area (Å²) >= 11 is 0. The van der Waals surface area contributed by atoms with Crippen LogP contribution in [0.1, 0.15) is 20.8 Å². The highest BCUT2D eigenvalue weighted by molar-refractivity contribution is 5.07. The molecule has 1 fully saturated rings. The lowest BCUT2D eigenvalue weighted by Gasteiger charge is -2.35. The predicted molar refractivity (Wildman–Crippen MR) is 62.5 cm³/mol. The molecule has 1 aliphatic heterocycles. The number of likely N-dealkylation sites (N-methyl/N-ethyl adjacent to an activating group) is 1. The highest BCUT2D eigenvalue weighted by Gasteiger charge is 2.19. The Morgan fingerprint density at radius 3 is 2.07 bits per heavy atom. The third kappa shape index (κ3) is 3.43. The van der Waals surface area contributed by atoms with Gasteiger partial charge in [-0.1, -0.05) is 32.9 Å². The molecular weight excluding hydrogens is 172 g/mol. The van der Waals surface area contributed by atoms with Crippen LogP contribution >= 0.6 is 0 Å². The van der Waals surface area contributed by atoms with Crippen molar-refractivity contribution in [2.24, 2.45) is 5.41 Å². The molecule has 0 N–H and O–H groups in total. The summed E-state index contributed by atoms with van der Waals surface area (Å²) in [6.45, 7) is 16.7. The predicted octanol–water partition coefficient (Wildman–Crippen LogP) is 1.84. The molecule has 2 nitrogen and oxygen atoms in total. The maximum atomic E-state index is 4.18. The average molecular weight is 196 g/mol. The third-order valence-corrected chi connectivity index (χ3v) is 3.07. The molecule has 82 valence electrons. The Bertz CT molecular complexity index is 195. The second kappa shape index (κ2) is 4.45. The first kappa shape index (κ1) is 11.7. The standard InChI is InChI=1S/C12H24N2/c1-11(12(2,3)4)10-14-8-6-13(5)7-9-14/h1,6-10H2,2-5H3. The molecule has 0 amide bonds. The number of piperazine rings is 1. The normalized spacial score (nSPS) is 21.1. The molecule has 1 rings (SSSR count). The SMILES string of the molecule is C=C(CN1CCN(C)CC1)C(C)(C)C. The van der Waals surface area contributed by atoms with Gasteiger partial charge in [0, 0.05) is 32.7 Å². The van der Waals surface area contributed by atoms with Gasteiger partial charge in [-0.05, 0) is 12.5 Å². The van der Waals surface area contributed by atoms with E-state index >= 15 is 0 Å². The van der Waals surface area contributed by atoms with Crippen LogP contribution in [0.4, 0.5) is 0 Å². The Labute approximate surface area is 88.6 Å². The first-order chi connectivity index (χ1) is 6.39. The highest BCUT2D eigenvalue weighted by Crippen LogP contribution is 2.24. The number of rotatable bonds is 2. The lowest BCUT2D eigenvalue weighted by atomic mass is 9.87. The Kier molecular flexibility index (Phi) is 3.73. The topological polar surface area (TPSA) is 6.48 Å². The summed E-state index contributed by atoms with van der Waals surface area (Å²) in [5, 5.41) is 0. The summed E-state index contributed by atoms with van der Waals surface area (Å²) in [4.78, 5) is 4.89. The van der Waals surface area contributed by atoms with E-state index in [9.17, 15) is 0 Å². The minimum absolute atomic E-state index is 0.253. The van der Waals surface area contributed by atoms with E-state index in [2.05, 4.69) is 44.2 Å². The van der Waals surface area contributed by atoms with Gasteiger partial charge in [0.25, 0.3) is 0 Å². The zero-order valence-electron chi connectivity index (χ0n) is 10.1. The van der Waals surface area contributed by atoms with Crippen LogP contribution in [0.2, 0.25) is 0 Å². The molecule has 0 spiro atoms. The highest BCUT2D eigenvalue weighted by atomic mass is 15.2. The first-order valence-corrected chi connectivity index (χ1v) is 5.49. The summed E-state index contributed by atoms with van der Waals surface area (Å²) in [5.74, 6) is 0. The van der Waals surface area contributed by atoms with Crippen LogP contribution in [0.25, 0.3) is 0 Å². The van der Waals surface area contributed by atoms with Crippen molar-refractivity contribution in [2.45, 2.75) is 20.8 Å². The fourth-order valence-corrected chi connectivity index (χ4v) is 1.51. The lowest BCUT2D eigenvalue weighted by molar-refractivity contribution is 0.158. The molecule has 1 aliphatic rings. The van der Waals surface area contributed by atoms with Crippen LogP contribution in [0, 0.1) is 5.41 Å². The summed E-state index contributed by atoms with van der Waals surface area (Å²) < 4.78 is 0. The van der Waals surface area contributed by atoms with Gasteiger partial charge < -0.3 is 4.90 Å². The van der Waals surface area contributed by atoms with Crippen molar-refractivity contribution >= 4 is 0 Å². The van der Waals surface area contributed by atoms with Crippen molar-refractivity contribution < 1.29 is 0 Å². The van der Waals surface area contributed by atoms with Crippen molar-refractivity contribution in [3.8, 4) is 0 Å². The van der Waals surface area contributed by atoms with E-state index in [0.29, 0.717) is 0 Å². The fourth-order valence-electron chi connectivity index (χ4n) is 1.51. The molecular formula is C12H24N2. The van der Waals surface area contributed by atoms with Gasteiger partial charge in [0.15, 0.2) is 0 Å². The summed E-state index contributed by atoms with van der Waals surface area (Å²) in [6, 6.07) is 0. The van der Waals surface area contributed by atoms with Gasteiger partial charge in [-0.25, -0.2) is 0 Å². The molecule has 14 heavy (non-hydrogen) atoms. The number of nitrogens with zero attached hydrogens (tertiary/aromatic N) is 2. The number of hydrogen-bond acceptors (Lipinski definition) is 2. The monoisotopic (exact) mass is 196 g/mol. The molecule has 0 radical (unpaired) electrons. The van der Waals surface area contributed by atoms with Crippen LogP contribution in [-0.4, -0.2) is 49.6 Å². The molecule has 0 aromatic carbocycles. The van der Waals surface area contributed by atoms with Crippen molar-refractivity contribution in [2.75, 3.05) is 39.8 Å². The Hall–Kier alpha value is -0.340. The van der Waals surface area contributed by atoms with E-state index in [0.717, 1.165) is 6.54 Å². The van der Waals surface area contributed by atoms with E-state index in [-0.39, 0.29) is 5.41 Å². The maximum absolute atomic E-state index is 4.18. The second-order valence-corrected chi connectivity index (χ2v) is 5.43. The van der Waals surface area contributed by atoms with Crippen molar-refractivity contribution in [3.05, 3.63) is 12.2 Å². The first-order valence-electron chi connectivity index (χ1n) is 5.49. The van der Waals surface area contributed by atoms with E-state index in [1.165, 1.54) is 31.8 Å². The van der Waals surface area contributed by atoms with Crippen LogP contribution < -0.4 is 0 Å². The Morgan fingerprint density at radius 1 is 1.14 bits per heavy atom. The van der Waals surface area contributed by atoms with E-state index in [4.69, 9.17) is 0 Å². The molecule has 2 heteroatoms. The smallest absolute Gasteiger partial charge is 0.0196 e. The third-order valence-electron chi connectivity index (χ3n) is 3.07. The van der Waals surface area contributed by atoms with Gasteiger partial charge in [-0.15, -0.1) is 0 Å². The van der Waals surface area contributed by atoms with Crippen molar-refractivity contribution in [1.82, 2.24) is 9.80 Å². The summed E-state index contributed by atoms with van der Waals surface area (Å²) in [7, 11) is 2.19. The second-order valence-electron chi connectivity index (χ2n) is 5.43.